The summed E-state index contributed by atoms with van der Waals surface area (Å²) in [6.45, 7) is 7.72. The molecule has 0 bridgehead atoms. The van der Waals surface area contributed by atoms with Crippen LogP contribution in [0.1, 0.15) is 41.8 Å². The van der Waals surface area contributed by atoms with Crippen LogP contribution in [-0.4, -0.2) is 11.2 Å². The topological polar surface area (TPSA) is 34.1 Å². The van der Waals surface area contributed by atoms with Crippen LogP contribution in [0.4, 0.5) is 0 Å². The molecule has 0 saturated carbocycles. The molecule has 0 amide bonds. The lowest BCUT2D eigenvalue weighted by Crippen LogP contribution is -2.22. The predicted molar refractivity (Wildman–Crippen MR) is 93.7 cm³/mol. The Hall–Kier alpha value is -1.66. The van der Waals surface area contributed by atoms with Gasteiger partial charge < -0.3 is 4.57 Å². The summed E-state index contributed by atoms with van der Waals surface area (Å²) < 4.78 is 13.8. The summed E-state index contributed by atoms with van der Waals surface area (Å²) in [5, 5.41) is 0.664. The van der Waals surface area contributed by atoms with Gasteiger partial charge >= 0.3 is 0 Å². The zero-order chi connectivity index (χ0) is 16.3. The normalized spacial score (nSPS) is 15.1. The van der Waals surface area contributed by atoms with Gasteiger partial charge in [0.05, 0.1) is 0 Å². The molecule has 0 aliphatic carbocycles. The highest BCUT2D eigenvalue weighted by Gasteiger charge is 2.40. The zero-order valence-electron chi connectivity index (χ0n) is 13.7. The van der Waals surface area contributed by atoms with Crippen LogP contribution in [-0.2, 0) is 4.57 Å². The molecule has 0 aromatic heterocycles. The van der Waals surface area contributed by atoms with Crippen molar-refractivity contribution < 1.29 is 9.36 Å². The Morgan fingerprint density at radius 1 is 1.00 bits per heavy atom. The second-order valence-corrected chi connectivity index (χ2v) is 8.94. The van der Waals surface area contributed by atoms with E-state index >= 15 is 0 Å². The van der Waals surface area contributed by atoms with E-state index in [1.165, 1.54) is 0 Å². The molecule has 0 fully saturated rings. The Labute approximate surface area is 132 Å². The van der Waals surface area contributed by atoms with Crippen LogP contribution in [0.15, 0.2) is 48.5 Å². The fraction of sp³-hybridized carbons (Fsp3) is 0.316. The van der Waals surface area contributed by atoms with Gasteiger partial charge in [0, 0.05) is 16.5 Å². The van der Waals surface area contributed by atoms with E-state index in [9.17, 15) is 9.36 Å². The smallest absolute Gasteiger partial charge is 0.226 e. The summed E-state index contributed by atoms with van der Waals surface area (Å²) in [5.41, 5.74) is 2.04. The molecule has 3 heteroatoms. The number of carbonyl (C=O) groups is 1. The molecule has 2 nitrogen and oxygen atoms in total. The summed E-state index contributed by atoms with van der Waals surface area (Å²) in [6.07, 6.45) is 0.711. The van der Waals surface area contributed by atoms with E-state index in [-0.39, 0.29) is 11.2 Å². The van der Waals surface area contributed by atoms with Crippen molar-refractivity contribution in [2.75, 3.05) is 0 Å². The SMILES string of the molecule is CCC(C)P(=O)(C(=O)c1c(C)cccc1C)c1ccccc1. The molecule has 2 aromatic carbocycles. The van der Waals surface area contributed by atoms with E-state index in [0.717, 1.165) is 11.1 Å². The minimum atomic E-state index is -3.17. The van der Waals surface area contributed by atoms with Crippen LogP contribution in [0.5, 0.6) is 0 Å². The highest BCUT2D eigenvalue weighted by Crippen LogP contribution is 2.54. The average Bonchev–Trinajstić information content (AvgIpc) is 2.53. The first-order valence-corrected chi connectivity index (χ1v) is 9.47. The molecule has 2 aromatic rings. The average molecular weight is 314 g/mol. The fourth-order valence-electron chi connectivity index (χ4n) is 2.80. The molecular weight excluding hydrogens is 291 g/mol. The van der Waals surface area contributed by atoms with Crippen LogP contribution in [0.2, 0.25) is 0 Å². The Balaban J connectivity index is 2.66. The molecule has 0 spiro atoms. The Morgan fingerprint density at radius 2 is 1.55 bits per heavy atom. The van der Waals surface area contributed by atoms with E-state index in [0.29, 0.717) is 17.3 Å². The van der Waals surface area contributed by atoms with Crippen molar-refractivity contribution in [2.45, 2.75) is 39.8 Å². The van der Waals surface area contributed by atoms with Crippen molar-refractivity contribution in [2.24, 2.45) is 0 Å². The molecule has 0 radical (unpaired) electrons. The van der Waals surface area contributed by atoms with Crippen LogP contribution < -0.4 is 5.30 Å². The molecule has 116 valence electrons. The third-order valence-corrected chi connectivity index (χ3v) is 7.85. The van der Waals surface area contributed by atoms with Gasteiger partial charge in [-0.25, -0.2) is 0 Å². The van der Waals surface area contributed by atoms with Gasteiger partial charge in [-0.2, -0.15) is 0 Å². The maximum Gasteiger partial charge on any atom is 0.226 e. The first-order chi connectivity index (χ1) is 10.4. The third-order valence-electron chi connectivity index (χ3n) is 4.35. The lowest BCUT2D eigenvalue weighted by molar-refractivity contribution is 0.107. The Bertz CT molecular complexity index is 699. The summed E-state index contributed by atoms with van der Waals surface area (Å²) in [7, 11) is -3.17. The first kappa shape index (κ1) is 16.7. The molecule has 0 aliphatic rings. The number of carbonyl (C=O) groups excluding carboxylic acids is 1. The highest BCUT2D eigenvalue weighted by molar-refractivity contribution is 7.88. The summed E-state index contributed by atoms with van der Waals surface area (Å²) >= 11 is 0. The van der Waals surface area contributed by atoms with Crippen molar-refractivity contribution in [3.63, 3.8) is 0 Å². The summed E-state index contributed by atoms with van der Waals surface area (Å²) in [5.74, 6) is 0. The van der Waals surface area contributed by atoms with Gasteiger partial charge in [-0.1, -0.05) is 62.4 Å². The van der Waals surface area contributed by atoms with Crippen LogP contribution in [0, 0.1) is 13.8 Å². The lowest BCUT2D eigenvalue weighted by atomic mass is 10.0. The monoisotopic (exact) mass is 314 g/mol. The van der Waals surface area contributed by atoms with Crippen LogP contribution in [0.3, 0.4) is 0 Å². The molecule has 2 rings (SSSR count). The standard InChI is InChI=1S/C19H23O2P/c1-5-16(4)22(21,17-12-7-6-8-13-17)19(20)18-14(2)10-9-11-15(18)3/h6-13,16H,5H2,1-4H3. The van der Waals surface area contributed by atoms with Crippen molar-refractivity contribution >= 4 is 18.0 Å². The minimum Gasteiger partial charge on any atom is -0.310 e. The van der Waals surface area contributed by atoms with Gasteiger partial charge in [-0.3, -0.25) is 4.79 Å². The minimum absolute atomic E-state index is 0.165. The Kier molecular flexibility index (Phi) is 5.03. The van der Waals surface area contributed by atoms with E-state index in [2.05, 4.69) is 0 Å². The Morgan fingerprint density at radius 3 is 2.05 bits per heavy atom. The van der Waals surface area contributed by atoms with Crippen LogP contribution >= 0.6 is 7.14 Å². The first-order valence-electron chi connectivity index (χ1n) is 7.69. The number of aryl methyl sites for hydroxylation is 2. The number of rotatable bonds is 5. The number of hydrogen-bond donors (Lipinski definition) is 0. The number of hydrogen-bond acceptors (Lipinski definition) is 2. The second-order valence-electron chi connectivity index (χ2n) is 5.82. The van der Waals surface area contributed by atoms with Crippen LogP contribution in [0.25, 0.3) is 0 Å². The van der Waals surface area contributed by atoms with Gasteiger partial charge in [0.1, 0.15) is 0 Å². The summed E-state index contributed by atoms with van der Waals surface area (Å²) in [6, 6.07) is 15.0. The van der Waals surface area contributed by atoms with Gasteiger partial charge in [-0.15, -0.1) is 0 Å². The molecule has 2 atom stereocenters. The van der Waals surface area contributed by atoms with E-state index in [4.69, 9.17) is 0 Å². The maximum atomic E-state index is 13.8. The van der Waals surface area contributed by atoms with Gasteiger partial charge in [0.15, 0.2) is 7.14 Å². The maximum absolute atomic E-state index is 13.8. The van der Waals surface area contributed by atoms with Gasteiger partial charge in [-0.05, 0) is 31.4 Å². The van der Waals surface area contributed by atoms with Crippen molar-refractivity contribution in [1.82, 2.24) is 0 Å². The van der Waals surface area contributed by atoms with E-state index in [1.807, 2.05) is 76.2 Å². The largest absolute Gasteiger partial charge is 0.310 e. The highest BCUT2D eigenvalue weighted by atomic mass is 31.2. The fourth-order valence-corrected chi connectivity index (χ4v) is 5.75. The predicted octanol–water partition coefficient (Wildman–Crippen LogP) is 4.93. The van der Waals surface area contributed by atoms with E-state index in [1.54, 1.807) is 0 Å². The second kappa shape index (κ2) is 6.62. The zero-order valence-corrected chi connectivity index (χ0v) is 14.6. The molecule has 0 aliphatic heterocycles. The van der Waals surface area contributed by atoms with Gasteiger partial charge in [0.2, 0.25) is 5.52 Å². The van der Waals surface area contributed by atoms with Crippen molar-refractivity contribution in [1.29, 1.82) is 0 Å². The summed E-state index contributed by atoms with van der Waals surface area (Å²) in [4.78, 5) is 13.2. The molecule has 0 heterocycles. The molecule has 22 heavy (non-hydrogen) atoms. The third kappa shape index (κ3) is 2.80. The van der Waals surface area contributed by atoms with E-state index < -0.39 is 7.14 Å². The molecular formula is C19H23O2P. The molecule has 2 unspecified atom stereocenters. The van der Waals surface area contributed by atoms with Crippen molar-refractivity contribution in [3.8, 4) is 0 Å². The van der Waals surface area contributed by atoms with Gasteiger partial charge in [0.25, 0.3) is 0 Å². The molecule has 0 saturated heterocycles. The molecule has 0 N–H and O–H groups in total. The van der Waals surface area contributed by atoms with Crippen molar-refractivity contribution in [3.05, 3.63) is 65.2 Å². The number of benzene rings is 2. The lowest BCUT2D eigenvalue weighted by Gasteiger charge is -2.24. The quantitative estimate of drug-likeness (QED) is 0.733.